The fraction of sp³-hybridized carbons (Fsp3) is 0.407. The van der Waals surface area contributed by atoms with Gasteiger partial charge in [0.15, 0.2) is 0 Å². The number of aliphatic hydroxyl groups excluding tert-OH is 1. The van der Waals surface area contributed by atoms with Gasteiger partial charge in [0.05, 0.1) is 37.0 Å². The second kappa shape index (κ2) is 11.8. The van der Waals surface area contributed by atoms with Crippen molar-refractivity contribution in [3.05, 3.63) is 64.2 Å². The van der Waals surface area contributed by atoms with Crippen LogP contribution < -0.4 is 4.74 Å². The van der Waals surface area contributed by atoms with Crippen LogP contribution >= 0.6 is 11.6 Å². The number of ether oxygens (including phenoxy) is 2. The van der Waals surface area contributed by atoms with Crippen molar-refractivity contribution in [3.63, 3.8) is 0 Å². The Balaban J connectivity index is 1.71. The zero-order valence-electron chi connectivity index (χ0n) is 20.3. The molecule has 2 aromatic rings. The topological polar surface area (TPSA) is 99.5 Å². The van der Waals surface area contributed by atoms with Crippen molar-refractivity contribution in [1.82, 2.24) is 9.80 Å². The summed E-state index contributed by atoms with van der Waals surface area (Å²) in [6.07, 6.45) is 1.48. The highest BCUT2D eigenvalue weighted by Crippen LogP contribution is 2.42. The van der Waals surface area contributed by atoms with E-state index in [2.05, 4.69) is 4.90 Å². The maximum absolute atomic E-state index is 13.3. The van der Waals surface area contributed by atoms with Crippen molar-refractivity contribution in [2.45, 2.75) is 25.8 Å². The molecular formula is C27H31ClN2O6. The van der Waals surface area contributed by atoms with Gasteiger partial charge in [-0.2, -0.15) is 0 Å². The maximum atomic E-state index is 13.3. The molecule has 2 fully saturated rings. The number of Topliss-reactive ketones (excluding diaryl/α,β-unsaturated/α-hetero) is 1. The van der Waals surface area contributed by atoms with Gasteiger partial charge in [0.2, 0.25) is 0 Å². The van der Waals surface area contributed by atoms with Crippen LogP contribution in [0.5, 0.6) is 11.5 Å². The molecule has 0 spiro atoms. The average Bonchev–Trinajstić information content (AvgIpc) is 3.14. The van der Waals surface area contributed by atoms with E-state index in [4.69, 9.17) is 21.1 Å². The van der Waals surface area contributed by atoms with Crippen LogP contribution in [0.3, 0.4) is 0 Å². The maximum Gasteiger partial charge on any atom is 0.295 e. The van der Waals surface area contributed by atoms with Gasteiger partial charge in [0.1, 0.15) is 17.3 Å². The summed E-state index contributed by atoms with van der Waals surface area (Å²) in [6, 6.07) is 10.5. The first-order valence-electron chi connectivity index (χ1n) is 12.2. The molecule has 9 heteroatoms. The summed E-state index contributed by atoms with van der Waals surface area (Å²) in [5, 5.41) is 21.9. The number of carbonyl (C=O) groups is 2. The first-order valence-corrected chi connectivity index (χ1v) is 12.6. The van der Waals surface area contributed by atoms with Crippen LogP contribution in [-0.2, 0) is 14.3 Å². The second-order valence-corrected chi connectivity index (χ2v) is 9.32. The molecule has 0 bridgehead atoms. The number of aliphatic hydroxyl groups is 1. The predicted octanol–water partition coefficient (Wildman–Crippen LogP) is 3.98. The highest BCUT2D eigenvalue weighted by atomic mass is 35.5. The number of hydrogen-bond acceptors (Lipinski definition) is 7. The minimum atomic E-state index is -0.835. The lowest BCUT2D eigenvalue weighted by atomic mass is 9.94. The summed E-state index contributed by atoms with van der Waals surface area (Å²) in [6.45, 7) is 6.62. The summed E-state index contributed by atoms with van der Waals surface area (Å²) in [7, 11) is 0. The number of carbonyl (C=O) groups excluding carboxylic acids is 2. The molecule has 0 saturated carbocycles. The quantitative estimate of drug-likeness (QED) is 0.296. The number of likely N-dealkylation sites (tertiary alicyclic amines) is 1. The number of halogens is 1. The van der Waals surface area contributed by atoms with Crippen LogP contribution in [-0.4, -0.2) is 77.7 Å². The van der Waals surface area contributed by atoms with Crippen LogP contribution in [0.25, 0.3) is 5.76 Å². The summed E-state index contributed by atoms with van der Waals surface area (Å²) in [5.74, 6) is -1.59. The van der Waals surface area contributed by atoms with Crippen LogP contribution in [0, 0.1) is 0 Å². The Morgan fingerprint density at radius 1 is 1.14 bits per heavy atom. The number of phenols is 1. The third-order valence-corrected chi connectivity index (χ3v) is 6.61. The molecule has 8 nitrogen and oxygen atoms in total. The molecule has 2 saturated heterocycles. The predicted molar refractivity (Wildman–Crippen MR) is 136 cm³/mol. The van der Waals surface area contributed by atoms with Gasteiger partial charge < -0.3 is 24.6 Å². The molecular weight excluding hydrogens is 484 g/mol. The van der Waals surface area contributed by atoms with Crippen molar-refractivity contribution in [2.24, 2.45) is 0 Å². The first kappa shape index (κ1) is 26.0. The normalized spacial score (nSPS) is 20.2. The second-order valence-electron chi connectivity index (χ2n) is 8.88. The number of phenolic OH excluding ortho intramolecular Hbond substituents is 1. The molecule has 2 aliphatic heterocycles. The number of morpholine rings is 1. The molecule has 2 heterocycles. The highest BCUT2D eigenvalue weighted by Gasteiger charge is 2.46. The lowest BCUT2D eigenvalue weighted by Gasteiger charge is -2.29. The fourth-order valence-corrected chi connectivity index (χ4v) is 4.76. The Labute approximate surface area is 215 Å². The SMILES string of the molecule is CCCOc1cccc([C@H]2C(=C(O)c3cc(Cl)ccc3O)C(=O)C(=O)N2CCCN2CCOCC2)c1. The molecule has 0 aliphatic carbocycles. The van der Waals surface area contributed by atoms with Gasteiger partial charge in [-0.25, -0.2) is 0 Å². The monoisotopic (exact) mass is 514 g/mol. The molecule has 2 aromatic carbocycles. The number of rotatable bonds is 9. The Bertz CT molecular complexity index is 1140. The third-order valence-electron chi connectivity index (χ3n) is 6.38. The Morgan fingerprint density at radius 2 is 1.92 bits per heavy atom. The number of aromatic hydroxyl groups is 1. The lowest BCUT2D eigenvalue weighted by molar-refractivity contribution is -0.140. The summed E-state index contributed by atoms with van der Waals surface area (Å²) >= 11 is 6.09. The molecule has 0 unspecified atom stereocenters. The zero-order valence-corrected chi connectivity index (χ0v) is 21.0. The Kier molecular flexibility index (Phi) is 8.51. The van der Waals surface area contributed by atoms with Gasteiger partial charge in [-0.1, -0.05) is 30.7 Å². The Hall–Kier alpha value is -3.07. The van der Waals surface area contributed by atoms with E-state index in [1.165, 1.54) is 23.1 Å². The van der Waals surface area contributed by atoms with Crippen molar-refractivity contribution in [3.8, 4) is 11.5 Å². The van der Waals surface area contributed by atoms with Crippen molar-refractivity contribution < 1.29 is 29.3 Å². The largest absolute Gasteiger partial charge is 0.507 e. The van der Waals surface area contributed by atoms with Crippen molar-refractivity contribution >= 4 is 29.1 Å². The van der Waals surface area contributed by atoms with Crippen molar-refractivity contribution in [2.75, 3.05) is 46.0 Å². The van der Waals surface area contributed by atoms with E-state index in [0.29, 0.717) is 44.1 Å². The molecule has 2 N–H and O–H groups in total. The van der Waals surface area contributed by atoms with Gasteiger partial charge in [-0.05, 0) is 48.7 Å². The van der Waals surface area contributed by atoms with Crippen LogP contribution in [0.1, 0.15) is 36.9 Å². The Morgan fingerprint density at radius 3 is 2.67 bits per heavy atom. The zero-order chi connectivity index (χ0) is 25.7. The molecule has 36 heavy (non-hydrogen) atoms. The lowest BCUT2D eigenvalue weighted by Crippen LogP contribution is -2.38. The van der Waals surface area contributed by atoms with Gasteiger partial charge in [0.25, 0.3) is 11.7 Å². The van der Waals surface area contributed by atoms with E-state index < -0.39 is 23.5 Å². The van der Waals surface area contributed by atoms with E-state index in [1.807, 2.05) is 13.0 Å². The standard InChI is InChI=1S/C27H31ClN2O6/c1-2-13-36-20-6-3-5-18(16-20)24-23(25(32)21-17-19(28)7-8-22(21)31)26(33)27(34)30(24)10-4-9-29-11-14-35-15-12-29/h3,5-8,16-17,24,31-32H,2,4,9-15H2,1H3/t24-/m0/s1. The van der Waals surface area contributed by atoms with Gasteiger partial charge >= 0.3 is 0 Å². The summed E-state index contributed by atoms with van der Waals surface area (Å²) in [5.41, 5.74) is 0.547. The van der Waals surface area contributed by atoms with E-state index in [-0.39, 0.29) is 21.9 Å². The molecule has 0 aromatic heterocycles. The molecule has 1 atom stereocenters. The first-order chi connectivity index (χ1) is 17.4. The van der Waals surface area contributed by atoms with Gasteiger partial charge in [-0.3, -0.25) is 14.5 Å². The average molecular weight is 515 g/mol. The van der Waals surface area contributed by atoms with Crippen LogP contribution in [0.15, 0.2) is 48.0 Å². The third kappa shape index (κ3) is 5.67. The van der Waals surface area contributed by atoms with E-state index in [9.17, 15) is 19.8 Å². The summed E-state index contributed by atoms with van der Waals surface area (Å²) < 4.78 is 11.2. The van der Waals surface area contributed by atoms with E-state index in [1.54, 1.807) is 18.2 Å². The number of hydrogen-bond donors (Lipinski definition) is 2. The molecule has 0 radical (unpaired) electrons. The molecule has 192 valence electrons. The van der Waals surface area contributed by atoms with Crippen LogP contribution in [0.2, 0.25) is 5.02 Å². The van der Waals surface area contributed by atoms with E-state index >= 15 is 0 Å². The van der Waals surface area contributed by atoms with E-state index in [0.717, 1.165) is 26.1 Å². The molecule has 2 aliphatic rings. The van der Waals surface area contributed by atoms with Crippen LogP contribution in [0.4, 0.5) is 0 Å². The number of benzene rings is 2. The number of ketones is 1. The minimum Gasteiger partial charge on any atom is -0.507 e. The molecule has 1 amide bonds. The highest BCUT2D eigenvalue weighted by molar-refractivity contribution is 6.46. The fourth-order valence-electron chi connectivity index (χ4n) is 4.58. The van der Waals surface area contributed by atoms with Gasteiger partial charge in [-0.15, -0.1) is 0 Å². The minimum absolute atomic E-state index is 0.00259. The summed E-state index contributed by atoms with van der Waals surface area (Å²) in [4.78, 5) is 30.2. The number of nitrogens with zero attached hydrogens (tertiary/aromatic N) is 2. The number of amides is 1. The molecule has 4 rings (SSSR count). The van der Waals surface area contributed by atoms with Crippen molar-refractivity contribution in [1.29, 1.82) is 0 Å². The smallest absolute Gasteiger partial charge is 0.295 e. The van der Waals surface area contributed by atoms with Gasteiger partial charge in [0, 0.05) is 31.2 Å².